The van der Waals surface area contributed by atoms with E-state index in [1.54, 1.807) is 17.9 Å². The average molecular weight is 394 g/mol. The van der Waals surface area contributed by atoms with Crippen LogP contribution in [0.15, 0.2) is 53.1 Å². The molecule has 2 heterocycles. The molecule has 0 atom stereocenters. The van der Waals surface area contributed by atoms with Crippen LogP contribution in [0.25, 0.3) is 5.69 Å². The molecule has 0 fully saturated rings. The van der Waals surface area contributed by atoms with Gasteiger partial charge in [-0.3, -0.25) is 4.99 Å². The van der Waals surface area contributed by atoms with Gasteiger partial charge >= 0.3 is 6.18 Å². The summed E-state index contributed by atoms with van der Waals surface area (Å²) in [5, 5.41) is 11.6. The molecule has 2 aromatic heterocycles. The van der Waals surface area contributed by atoms with Crippen molar-refractivity contribution in [3.05, 3.63) is 64.4 Å². The number of nitrogens with zero attached hydrogens (tertiary/aromatic N) is 4. The van der Waals surface area contributed by atoms with E-state index in [0.29, 0.717) is 17.5 Å². The number of guanidine groups is 1. The molecule has 2 N–H and O–H groups in total. The van der Waals surface area contributed by atoms with Crippen LogP contribution in [0, 0.1) is 0 Å². The van der Waals surface area contributed by atoms with Crippen molar-refractivity contribution in [3.63, 3.8) is 0 Å². The maximum absolute atomic E-state index is 12.6. The van der Waals surface area contributed by atoms with E-state index in [-0.39, 0.29) is 6.54 Å². The minimum absolute atomic E-state index is 0.165. The smallest absolute Gasteiger partial charge is 0.352 e. The number of rotatable bonds is 5. The van der Waals surface area contributed by atoms with Gasteiger partial charge in [-0.1, -0.05) is 12.1 Å². The molecule has 0 saturated heterocycles. The molecule has 0 spiro atoms. The molecule has 3 rings (SSSR count). The van der Waals surface area contributed by atoms with E-state index in [2.05, 4.69) is 25.7 Å². The third kappa shape index (κ3) is 5.07. The molecule has 0 bridgehead atoms. The normalized spacial score (nSPS) is 12.2. The number of thiazole rings is 1. The van der Waals surface area contributed by atoms with Gasteiger partial charge in [0.25, 0.3) is 0 Å². The van der Waals surface area contributed by atoms with E-state index in [9.17, 15) is 13.2 Å². The van der Waals surface area contributed by atoms with Crippen molar-refractivity contribution >= 4 is 17.3 Å². The predicted octanol–water partition coefficient (Wildman–Crippen LogP) is 3.21. The molecule has 0 saturated carbocycles. The quantitative estimate of drug-likeness (QED) is 0.515. The van der Waals surface area contributed by atoms with Crippen molar-refractivity contribution in [1.82, 2.24) is 25.4 Å². The molecule has 1 aromatic carbocycles. The first-order valence-corrected chi connectivity index (χ1v) is 8.89. The van der Waals surface area contributed by atoms with Gasteiger partial charge in [0.2, 0.25) is 0 Å². The standard InChI is InChI=1S/C17H17F3N6S/c1-21-16(23-10-15-25-14(11-27-15)17(18,19)20)22-9-12-3-5-13(6-4-12)26-8-2-7-24-26/h2-8,11H,9-10H2,1H3,(H2,21,22,23). The van der Waals surface area contributed by atoms with Crippen molar-refractivity contribution in [2.45, 2.75) is 19.3 Å². The molecule has 10 heteroatoms. The summed E-state index contributed by atoms with van der Waals surface area (Å²) in [6.45, 7) is 0.684. The van der Waals surface area contributed by atoms with E-state index < -0.39 is 11.9 Å². The minimum atomic E-state index is -4.42. The van der Waals surface area contributed by atoms with Crippen LogP contribution < -0.4 is 10.6 Å². The van der Waals surface area contributed by atoms with Crippen LogP contribution in [0.3, 0.4) is 0 Å². The second-order valence-electron chi connectivity index (χ2n) is 5.52. The third-order valence-corrected chi connectivity index (χ3v) is 4.49. The Hall–Kier alpha value is -2.88. The summed E-state index contributed by atoms with van der Waals surface area (Å²) in [6.07, 6.45) is -0.843. The fraction of sp³-hybridized carbons (Fsp3) is 0.235. The summed E-state index contributed by atoms with van der Waals surface area (Å²) in [5.41, 5.74) is 1.11. The number of hydrogen-bond donors (Lipinski definition) is 2. The van der Waals surface area contributed by atoms with Gasteiger partial charge in [-0.25, -0.2) is 9.67 Å². The first kappa shape index (κ1) is 18.9. The van der Waals surface area contributed by atoms with Crippen LogP contribution in [0.2, 0.25) is 0 Å². The van der Waals surface area contributed by atoms with Crippen molar-refractivity contribution in [2.75, 3.05) is 7.05 Å². The van der Waals surface area contributed by atoms with E-state index in [1.165, 1.54) is 0 Å². The van der Waals surface area contributed by atoms with Crippen molar-refractivity contribution in [1.29, 1.82) is 0 Å². The van der Waals surface area contributed by atoms with Gasteiger partial charge < -0.3 is 10.6 Å². The molecule has 0 aliphatic rings. The monoisotopic (exact) mass is 394 g/mol. The highest BCUT2D eigenvalue weighted by Crippen LogP contribution is 2.29. The van der Waals surface area contributed by atoms with Crippen LogP contribution in [0.1, 0.15) is 16.3 Å². The summed E-state index contributed by atoms with van der Waals surface area (Å²) < 4.78 is 39.5. The Morgan fingerprint density at radius 1 is 1.19 bits per heavy atom. The number of hydrogen-bond acceptors (Lipinski definition) is 4. The molecule has 3 aromatic rings. The van der Waals surface area contributed by atoms with Gasteiger partial charge in [0.1, 0.15) is 5.01 Å². The Morgan fingerprint density at radius 3 is 2.52 bits per heavy atom. The molecule has 0 radical (unpaired) electrons. The third-order valence-electron chi connectivity index (χ3n) is 3.64. The van der Waals surface area contributed by atoms with Gasteiger partial charge in [-0.05, 0) is 23.8 Å². The zero-order chi connectivity index (χ0) is 19.3. The number of alkyl halides is 3. The highest BCUT2D eigenvalue weighted by molar-refractivity contribution is 7.09. The SMILES string of the molecule is CN=C(NCc1ccc(-n2cccn2)cc1)NCc1nc(C(F)(F)F)cs1. The van der Waals surface area contributed by atoms with Gasteiger partial charge in [-0.2, -0.15) is 18.3 Å². The van der Waals surface area contributed by atoms with E-state index in [0.717, 1.165) is 28.0 Å². The molecular weight excluding hydrogens is 377 g/mol. The van der Waals surface area contributed by atoms with Crippen LogP contribution in [0.5, 0.6) is 0 Å². The van der Waals surface area contributed by atoms with Crippen molar-refractivity contribution in [3.8, 4) is 5.69 Å². The van der Waals surface area contributed by atoms with Crippen LogP contribution in [-0.4, -0.2) is 27.8 Å². The maximum Gasteiger partial charge on any atom is 0.434 e. The molecule has 0 amide bonds. The molecule has 0 aliphatic carbocycles. The lowest BCUT2D eigenvalue weighted by Crippen LogP contribution is -2.36. The summed E-state index contributed by atoms with van der Waals surface area (Å²) in [6, 6.07) is 9.69. The number of aromatic nitrogens is 3. The average Bonchev–Trinajstić information content (AvgIpc) is 3.34. The molecular formula is C17H17F3N6S. The molecule has 27 heavy (non-hydrogen) atoms. The molecule has 142 valence electrons. The number of nitrogens with one attached hydrogen (secondary N) is 2. The zero-order valence-corrected chi connectivity index (χ0v) is 15.2. The topological polar surface area (TPSA) is 67.1 Å². The second-order valence-corrected chi connectivity index (χ2v) is 6.46. The Balaban J connectivity index is 1.51. The van der Waals surface area contributed by atoms with E-state index >= 15 is 0 Å². The molecule has 0 aliphatic heterocycles. The van der Waals surface area contributed by atoms with Crippen LogP contribution in [0.4, 0.5) is 13.2 Å². The summed E-state index contributed by atoms with van der Waals surface area (Å²) in [5.74, 6) is 0.481. The van der Waals surface area contributed by atoms with Crippen LogP contribution >= 0.6 is 11.3 Å². The highest BCUT2D eigenvalue weighted by atomic mass is 32.1. The fourth-order valence-electron chi connectivity index (χ4n) is 2.28. The Morgan fingerprint density at radius 2 is 1.93 bits per heavy atom. The van der Waals surface area contributed by atoms with Crippen molar-refractivity contribution in [2.24, 2.45) is 4.99 Å². The predicted molar refractivity (Wildman–Crippen MR) is 97.7 cm³/mol. The van der Waals surface area contributed by atoms with Gasteiger partial charge in [0, 0.05) is 31.4 Å². The van der Waals surface area contributed by atoms with Crippen LogP contribution in [-0.2, 0) is 19.3 Å². The Labute approximate surface area is 157 Å². The molecule has 0 unspecified atom stereocenters. The lowest BCUT2D eigenvalue weighted by atomic mass is 10.2. The minimum Gasteiger partial charge on any atom is -0.352 e. The maximum atomic E-state index is 12.6. The second kappa shape index (κ2) is 8.21. The lowest BCUT2D eigenvalue weighted by molar-refractivity contribution is -0.140. The highest BCUT2D eigenvalue weighted by Gasteiger charge is 2.33. The molecule has 6 nitrogen and oxygen atoms in total. The number of halogens is 3. The zero-order valence-electron chi connectivity index (χ0n) is 14.4. The first-order chi connectivity index (χ1) is 13.0. The summed E-state index contributed by atoms with van der Waals surface area (Å²) >= 11 is 0.959. The van der Waals surface area contributed by atoms with E-state index in [1.807, 2.05) is 36.5 Å². The van der Waals surface area contributed by atoms with Crippen molar-refractivity contribution < 1.29 is 13.2 Å². The summed E-state index contributed by atoms with van der Waals surface area (Å²) in [7, 11) is 1.60. The summed E-state index contributed by atoms with van der Waals surface area (Å²) in [4.78, 5) is 7.65. The van der Waals surface area contributed by atoms with Gasteiger partial charge in [-0.15, -0.1) is 11.3 Å². The number of aliphatic imine (C=N–C) groups is 1. The number of benzene rings is 1. The Bertz CT molecular complexity index is 884. The largest absolute Gasteiger partial charge is 0.434 e. The van der Waals surface area contributed by atoms with E-state index in [4.69, 9.17) is 0 Å². The Kier molecular flexibility index (Phi) is 5.75. The fourth-order valence-corrected chi connectivity index (χ4v) is 3.02. The van der Waals surface area contributed by atoms with Gasteiger partial charge in [0.05, 0.1) is 12.2 Å². The lowest BCUT2D eigenvalue weighted by Gasteiger charge is -2.11. The first-order valence-electron chi connectivity index (χ1n) is 8.01. The van der Waals surface area contributed by atoms with Gasteiger partial charge in [0.15, 0.2) is 11.7 Å².